The maximum Gasteiger partial charge on any atom is 0.279 e. The third-order valence-electron chi connectivity index (χ3n) is 6.31. The Balaban J connectivity index is 1.51. The number of fused-ring (bicyclic) bond motifs is 6. The molecule has 0 fully saturated rings. The first-order valence-electron chi connectivity index (χ1n) is 10.7. The van der Waals surface area contributed by atoms with E-state index in [1.54, 1.807) is 6.07 Å². The summed E-state index contributed by atoms with van der Waals surface area (Å²) in [5.41, 5.74) is -2.04. The molecule has 2 amide bonds. The number of rotatable bonds is 3. The monoisotopic (exact) mass is 487 g/mol. The largest absolute Gasteiger partial charge is 0.503 e. The van der Waals surface area contributed by atoms with E-state index in [2.05, 4.69) is 5.32 Å². The molecule has 35 heavy (non-hydrogen) atoms. The molecule has 0 unspecified atom stereocenters. The third kappa shape index (κ3) is 3.63. The molecule has 1 aromatic heterocycles. The van der Waals surface area contributed by atoms with Crippen LogP contribution in [0.25, 0.3) is 0 Å². The number of para-hydroxylation sites is 1. The van der Waals surface area contributed by atoms with Crippen molar-refractivity contribution in [2.75, 3.05) is 11.4 Å². The van der Waals surface area contributed by atoms with Crippen molar-refractivity contribution in [3.8, 4) is 5.75 Å². The fourth-order valence-electron chi connectivity index (χ4n) is 4.60. The number of nitrogens with one attached hydrogen (secondary N) is 1. The van der Waals surface area contributed by atoms with Gasteiger partial charge >= 0.3 is 0 Å². The molecule has 1 atom stereocenters. The molecular weight excluding hydrogens is 470 g/mol. The zero-order valence-electron chi connectivity index (χ0n) is 17.9. The summed E-state index contributed by atoms with van der Waals surface area (Å²) in [4.78, 5) is 39.8. The van der Waals surface area contributed by atoms with E-state index in [0.717, 1.165) is 6.20 Å². The number of pyridine rings is 1. The highest BCUT2D eigenvalue weighted by Crippen LogP contribution is 2.38. The summed E-state index contributed by atoms with van der Waals surface area (Å²) in [6.07, 6.45) is 1.93. The van der Waals surface area contributed by atoms with Crippen LogP contribution in [0.1, 0.15) is 44.4 Å². The number of carbonyl (C=O) groups is 2. The summed E-state index contributed by atoms with van der Waals surface area (Å²) in [5.74, 6) is -7.02. The molecule has 2 aromatic carbocycles. The zero-order valence-corrected chi connectivity index (χ0v) is 17.9. The maximum atomic E-state index is 14.6. The third-order valence-corrected chi connectivity index (χ3v) is 6.31. The van der Waals surface area contributed by atoms with E-state index in [9.17, 15) is 37.1 Å². The molecular formula is C24H17F4N3O4. The number of aromatic nitrogens is 1. The van der Waals surface area contributed by atoms with Gasteiger partial charge in [-0.2, -0.15) is 0 Å². The minimum absolute atomic E-state index is 0.0507. The summed E-state index contributed by atoms with van der Waals surface area (Å²) < 4.78 is 56.8. The Morgan fingerprint density at radius 3 is 2.51 bits per heavy atom. The van der Waals surface area contributed by atoms with E-state index in [1.807, 2.05) is 0 Å². The molecule has 0 saturated heterocycles. The normalized spacial score (nSPS) is 16.4. The first kappa shape index (κ1) is 22.6. The Kier molecular flexibility index (Phi) is 5.34. The highest BCUT2D eigenvalue weighted by molar-refractivity contribution is 6.08. The number of nitrogens with zero attached hydrogens (tertiary/aromatic N) is 2. The second-order valence-electron chi connectivity index (χ2n) is 8.36. The maximum absolute atomic E-state index is 14.6. The van der Waals surface area contributed by atoms with E-state index in [-0.39, 0.29) is 17.9 Å². The first-order valence-corrected chi connectivity index (χ1v) is 10.7. The summed E-state index contributed by atoms with van der Waals surface area (Å²) in [6, 6.07) is 4.85. The van der Waals surface area contributed by atoms with Gasteiger partial charge in [-0.3, -0.25) is 14.4 Å². The van der Waals surface area contributed by atoms with Crippen LogP contribution in [0.5, 0.6) is 5.75 Å². The van der Waals surface area contributed by atoms with Gasteiger partial charge in [-0.05, 0) is 24.5 Å². The average Bonchev–Trinajstić information content (AvgIpc) is 2.97. The lowest BCUT2D eigenvalue weighted by Crippen LogP contribution is -2.45. The Morgan fingerprint density at radius 1 is 1.09 bits per heavy atom. The number of hydrogen-bond acceptors (Lipinski definition) is 4. The van der Waals surface area contributed by atoms with Crippen molar-refractivity contribution in [3.63, 3.8) is 0 Å². The van der Waals surface area contributed by atoms with Gasteiger partial charge in [-0.25, -0.2) is 17.6 Å². The van der Waals surface area contributed by atoms with Crippen LogP contribution >= 0.6 is 0 Å². The van der Waals surface area contributed by atoms with Crippen LogP contribution in [0.3, 0.4) is 0 Å². The Hall–Kier alpha value is -4.15. The molecule has 0 saturated carbocycles. The minimum atomic E-state index is -1.22. The lowest BCUT2D eigenvalue weighted by Gasteiger charge is -2.35. The fraction of sp³-hybridized carbons (Fsp3) is 0.208. The first-order chi connectivity index (χ1) is 16.7. The molecule has 0 aliphatic carbocycles. The van der Waals surface area contributed by atoms with Gasteiger partial charge in [0.1, 0.15) is 28.8 Å². The predicted octanol–water partition coefficient (Wildman–Crippen LogP) is 3.19. The molecule has 11 heteroatoms. The van der Waals surface area contributed by atoms with E-state index in [4.69, 9.17) is 0 Å². The Bertz CT molecular complexity index is 1450. The quantitative estimate of drug-likeness (QED) is 0.556. The summed E-state index contributed by atoms with van der Waals surface area (Å²) >= 11 is 0. The number of benzene rings is 2. The number of hydrogen-bond donors (Lipinski definition) is 2. The van der Waals surface area contributed by atoms with Gasteiger partial charge in [-0.1, -0.05) is 12.1 Å². The van der Waals surface area contributed by atoms with Crippen molar-refractivity contribution in [1.82, 2.24) is 9.88 Å². The summed E-state index contributed by atoms with van der Waals surface area (Å²) in [5, 5.41) is 12.8. The molecule has 7 nitrogen and oxygen atoms in total. The Labute approximate surface area is 195 Å². The van der Waals surface area contributed by atoms with Crippen LogP contribution in [0.2, 0.25) is 0 Å². The van der Waals surface area contributed by atoms with Crippen LogP contribution in [-0.4, -0.2) is 28.0 Å². The van der Waals surface area contributed by atoms with Crippen molar-refractivity contribution < 1.29 is 32.3 Å². The number of amides is 2. The zero-order chi connectivity index (χ0) is 25.0. The topological polar surface area (TPSA) is 91.6 Å². The van der Waals surface area contributed by atoms with E-state index >= 15 is 0 Å². The van der Waals surface area contributed by atoms with E-state index in [1.165, 1.54) is 21.6 Å². The number of anilines is 1. The van der Waals surface area contributed by atoms with Gasteiger partial charge in [0.2, 0.25) is 5.43 Å². The van der Waals surface area contributed by atoms with Crippen molar-refractivity contribution in [1.29, 1.82) is 0 Å². The number of carbonyl (C=O) groups excluding carboxylic acids is 2. The van der Waals surface area contributed by atoms with E-state index < -0.39 is 70.0 Å². The van der Waals surface area contributed by atoms with Crippen molar-refractivity contribution >= 4 is 17.5 Å². The van der Waals surface area contributed by atoms with Gasteiger partial charge in [0.25, 0.3) is 11.8 Å². The second-order valence-corrected chi connectivity index (χ2v) is 8.36. The van der Waals surface area contributed by atoms with Gasteiger partial charge < -0.3 is 19.9 Å². The van der Waals surface area contributed by atoms with Crippen molar-refractivity contribution in [3.05, 3.63) is 92.4 Å². The highest BCUT2D eigenvalue weighted by atomic mass is 19.1. The standard InChI is InChI=1S/C24H17F4N3O4/c25-12-6-17(27)14(18(28)7-12)8-29-23(34)15-10-30-13-5-4-11-2-1-3-16(26)19(11)31(9-13)24(35)20(30)22(33)21(15)32/h1-3,6-7,10,13,33H,4-5,8-9H2,(H,29,34)/t13-/m1/s1. The predicted molar refractivity (Wildman–Crippen MR) is 115 cm³/mol. The SMILES string of the molecule is O=C(NCc1c(F)cc(F)cc1F)c1cn2c(c(O)c1=O)C(=O)N1C[C@H]2CCc2cccc(F)c21. The molecule has 2 bridgehead atoms. The van der Waals surface area contributed by atoms with Gasteiger partial charge in [-0.15, -0.1) is 0 Å². The molecule has 2 aliphatic rings. The van der Waals surface area contributed by atoms with Crippen molar-refractivity contribution in [2.45, 2.75) is 25.4 Å². The van der Waals surface area contributed by atoms with Crippen LogP contribution in [-0.2, 0) is 13.0 Å². The van der Waals surface area contributed by atoms with Crippen molar-refractivity contribution in [2.24, 2.45) is 0 Å². The number of aromatic hydroxyl groups is 1. The molecule has 2 aliphatic heterocycles. The molecule has 3 aromatic rings. The van der Waals surface area contributed by atoms with Crippen LogP contribution in [0.15, 0.2) is 41.3 Å². The van der Waals surface area contributed by atoms with Gasteiger partial charge in [0, 0.05) is 37.0 Å². The second kappa shape index (κ2) is 8.26. The summed E-state index contributed by atoms with van der Waals surface area (Å²) in [6.45, 7) is -0.640. The van der Waals surface area contributed by atoms with Gasteiger partial charge in [0.15, 0.2) is 11.4 Å². The average molecular weight is 487 g/mol. The molecule has 5 rings (SSSR count). The Morgan fingerprint density at radius 2 is 1.80 bits per heavy atom. The molecule has 3 heterocycles. The van der Waals surface area contributed by atoms with Crippen LogP contribution in [0.4, 0.5) is 23.2 Å². The minimum Gasteiger partial charge on any atom is -0.503 e. The van der Waals surface area contributed by atoms with Crippen LogP contribution < -0.4 is 15.6 Å². The molecule has 2 N–H and O–H groups in total. The fourth-order valence-corrected chi connectivity index (χ4v) is 4.60. The molecule has 0 spiro atoms. The van der Waals surface area contributed by atoms with Gasteiger partial charge in [0.05, 0.1) is 11.7 Å². The molecule has 180 valence electrons. The molecule has 0 radical (unpaired) electrons. The summed E-state index contributed by atoms with van der Waals surface area (Å²) in [7, 11) is 0. The van der Waals surface area contributed by atoms with E-state index in [0.29, 0.717) is 30.5 Å². The number of aryl methyl sites for hydroxylation is 1. The highest BCUT2D eigenvalue weighted by Gasteiger charge is 2.39. The lowest BCUT2D eigenvalue weighted by molar-refractivity contribution is 0.0928. The number of halogens is 4. The smallest absolute Gasteiger partial charge is 0.279 e. The van der Waals surface area contributed by atoms with Crippen LogP contribution in [0, 0.1) is 23.3 Å². The lowest BCUT2D eigenvalue weighted by atomic mass is 10.0.